The minimum absolute atomic E-state index is 0.205. The summed E-state index contributed by atoms with van der Waals surface area (Å²) in [5, 5.41) is 3.99. The summed E-state index contributed by atoms with van der Waals surface area (Å²) in [4.78, 5) is 0. The molecule has 0 heterocycles. The van der Waals surface area contributed by atoms with Gasteiger partial charge in [-0.1, -0.05) is 52.3 Å². The third-order valence-electron chi connectivity index (χ3n) is 4.12. The predicted molar refractivity (Wildman–Crippen MR) is 85.8 cm³/mol. The lowest BCUT2D eigenvalue weighted by molar-refractivity contribution is 0.222. The maximum absolute atomic E-state index is 13.9. The summed E-state index contributed by atoms with van der Waals surface area (Å²) in [7, 11) is 0. The van der Waals surface area contributed by atoms with Gasteiger partial charge in [-0.2, -0.15) is 0 Å². The summed E-state index contributed by atoms with van der Waals surface area (Å²) in [5.74, 6) is 0.348. The Kier molecular flexibility index (Phi) is 6.47. The number of rotatable bonds is 6. The van der Waals surface area contributed by atoms with E-state index in [2.05, 4.69) is 39.9 Å². The molecular formula is C17H27ClFN. The van der Waals surface area contributed by atoms with E-state index in [9.17, 15) is 4.39 Å². The molecule has 0 aromatic heterocycles. The van der Waals surface area contributed by atoms with Crippen molar-refractivity contribution in [2.24, 2.45) is 11.3 Å². The van der Waals surface area contributed by atoms with Crippen LogP contribution in [-0.4, -0.2) is 12.6 Å². The zero-order valence-electron chi connectivity index (χ0n) is 13.3. The SMILES string of the molecule is CCNC(Cc1c(F)cccc1Cl)CC(C)C(C)(C)C. The second-order valence-corrected chi connectivity index (χ2v) is 7.07. The summed E-state index contributed by atoms with van der Waals surface area (Å²) < 4.78 is 13.9. The molecule has 1 nitrogen and oxygen atoms in total. The van der Waals surface area contributed by atoms with Crippen molar-refractivity contribution in [3.8, 4) is 0 Å². The number of nitrogens with one attached hydrogen (secondary N) is 1. The van der Waals surface area contributed by atoms with Crippen LogP contribution in [-0.2, 0) is 6.42 Å². The normalized spacial score (nSPS) is 15.2. The fourth-order valence-electron chi connectivity index (χ4n) is 2.28. The van der Waals surface area contributed by atoms with Crippen LogP contribution < -0.4 is 5.32 Å². The van der Waals surface area contributed by atoms with Crippen molar-refractivity contribution in [1.29, 1.82) is 0 Å². The summed E-state index contributed by atoms with van der Waals surface area (Å²) in [5.41, 5.74) is 0.883. The fourth-order valence-corrected chi connectivity index (χ4v) is 2.52. The largest absolute Gasteiger partial charge is 0.314 e. The molecule has 3 heteroatoms. The van der Waals surface area contributed by atoms with Crippen molar-refractivity contribution in [2.75, 3.05) is 6.54 Å². The molecule has 0 spiro atoms. The minimum atomic E-state index is -0.205. The van der Waals surface area contributed by atoms with Crippen molar-refractivity contribution in [1.82, 2.24) is 5.32 Å². The summed E-state index contributed by atoms with van der Waals surface area (Å²) in [6.07, 6.45) is 1.65. The standard InChI is InChI=1S/C17H27ClFN/c1-6-20-13(10-12(2)17(3,4)5)11-14-15(18)8-7-9-16(14)19/h7-9,12-13,20H,6,10-11H2,1-5H3. The van der Waals surface area contributed by atoms with E-state index in [0.717, 1.165) is 13.0 Å². The van der Waals surface area contributed by atoms with Crippen molar-refractivity contribution in [3.63, 3.8) is 0 Å². The number of hydrogen-bond acceptors (Lipinski definition) is 1. The van der Waals surface area contributed by atoms with Crippen LogP contribution in [0.25, 0.3) is 0 Å². The highest BCUT2D eigenvalue weighted by atomic mass is 35.5. The van der Waals surface area contributed by atoms with Gasteiger partial charge in [-0.3, -0.25) is 0 Å². The van der Waals surface area contributed by atoms with Gasteiger partial charge in [0, 0.05) is 16.6 Å². The van der Waals surface area contributed by atoms with Gasteiger partial charge in [0.25, 0.3) is 0 Å². The Morgan fingerprint density at radius 1 is 1.30 bits per heavy atom. The van der Waals surface area contributed by atoms with Gasteiger partial charge in [-0.15, -0.1) is 0 Å². The second-order valence-electron chi connectivity index (χ2n) is 6.66. The molecule has 0 aliphatic heterocycles. The number of likely N-dealkylation sites (N-methyl/N-ethyl adjacent to an activating group) is 1. The lowest BCUT2D eigenvalue weighted by Gasteiger charge is -2.31. The second kappa shape index (κ2) is 7.42. The quantitative estimate of drug-likeness (QED) is 0.773. The molecular weight excluding hydrogens is 273 g/mol. The van der Waals surface area contributed by atoms with E-state index in [1.165, 1.54) is 6.07 Å². The molecule has 0 aliphatic rings. The van der Waals surface area contributed by atoms with E-state index < -0.39 is 0 Å². The molecule has 0 bridgehead atoms. The first kappa shape index (κ1) is 17.5. The molecule has 0 amide bonds. The van der Waals surface area contributed by atoms with E-state index >= 15 is 0 Å². The van der Waals surface area contributed by atoms with Crippen LogP contribution in [0.3, 0.4) is 0 Å². The maximum Gasteiger partial charge on any atom is 0.127 e. The van der Waals surface area contributed by atoms with Gasteiger partial charge >= 0.3 is 0 Å². The smallest absolute Gasteiger partial charge is 0.127 e. The topological polar surface area (TPSA) is 12.0 Å². The fraction of sp³-hybridized carbons (Fsp3) is 0.647. The van der Waals surface area contributed by atoms with Crippen molar-refractivity contribution in [3.05, 3.63) is 34.6 Å². The van der Waals surface area contributed by atoms with E-state index in [1.807, 2.05) is 0 Å². The Morgan fingerprint density at radius 2 is 1.95 bits per heavy atom. The zero-order valence-corrected chi connectivity index (χ0v) is 14.0. The molecule has 0 radical (unpaired) electrons. The Bertz CT molecular complexity index is 405. The van der Waals surface area contributed by atoms with Crippen molar-refractivity contribution < 1.29 is 4.39 Å². The summed E-state index contributed by atoms with van der Waals surface area (Å²) in [6.45, 7) is 12.0. The van der Waals surface area contributed by atoms with E-state index in [0.29, 0.717) is 22.9 Å². The Labute approximate surface area is 127 Å². The van der Waals surface area contributed by atoms with Crippen LogP contribution >= 0.6 is 11.6 Å². The molecule has 1 aromatic rings. The van der Waals surface area contributed by atoms with Gasteiger partial charge < -0.3 is 5.32 Å². The Morgan fingerprint density at radius 3 is 2.45 bits per heavy atom. The lowest BCUT2D eigenvalue weighted by Crippen LogP contribution is -2.35. The van der Waals surface area contributed by atoms with Gasteiger partial charge in [-0.05, 0) is 42.9 Å². The Hall–Kier alpha value is -0.600. The molecule has 1 aromatic carbocycles. The third kappa shape index (κ3) is 5.06. The molecule has 20 heavy (non-hydrogen) atoms. The van der Waals surface area contributed by atoms with E-state index in [4.69, 9.17) is 11.6 Å². The average molecular weight is 300 g/mol. The maximum atomic E-state index is 13.9. The van der Waals surface area contributed by atoms with Crippen LogP contribution in [0.15, 0.2) is 18.2 Å². The molecule has 0 saturated carbocycles. The molecule has 2 unspecified atom stereocenters. The lowest BCUT2D eigenvalue weighted by atomic mass is 9.78. The van der Waals surface area contributed by atoms with E-state index in [1.54, 1.807) is 12.1 Å². The van der Waals surface area contributed by atoms with Gasteiger partial charge in [-0.25, -0.2) is 4.39 Å². The molecule has 114 valence electrons. The first-order valence-corrected chi connectivity index (χ1v) is 7.79. The highest BCUT2D eigenvalue weighted by Crippen LogP contribution is 2.30. The van der Waals surface area contributed by atoms with Gasteiger partial charge in [0.2, 0.25) is 0 Å². The van der Waals surface area contributed by atoms with Crippen LogP contribution in [0.1, 0.15) is 46.6 Å². The Balaban J connectivity index is 2.82. The minimum Gasteiger partial charge on any atom is -0.314 e. The molecule has 0 aliphatic carbocycles. The summed E-state index contributed by atoms with van der Waals surface area (Å²) in [6, 6.07) is 5.15. The molecule has 1 N–H and O–H groups in total. The molecule has 0 saturated heterocycles. The predicted octanol–water partition coefficient (Wildman–Crippen LogP) is 5.07. The van der Waals surface area contributed by atoms with Gasteiger partial charge in [0.05, 0.1) is 0 Å². The highest BCUT2D eigenvalue weighted by molar-refractivity contribution is 6.31. The van der Waals surface area contributed by atoms with Crippen molar-refractivity contribution in [2.45, 2.75) is 53.5 Å². The highest BCUT2D eigenvalue weighted by Gasteiger charge is 2.24. The van der Waals surface area contributed by atoms with Crippen LogP contribution in [0, 0.1) is 17.2 Å². The molecule has 0 fully saturated rings. The van der Waals surface area contributed by atoms with Crippen LogP contribution in [0.2, 0.25) is 5.02 Å². The van der Waals surface area contributed by atoms with Gasteiger partial charge in [0.15, 0.2) is 0 Å². The first-order chi connectivity index (χ1) is 9.25. The molecule has 1 rings (SSSR count). The monoisotopic (exact) mass is 299 g/mol. The zero-order chi connectivity index (χ0) is 15.3. The third-order valence-corrected chi connectivity index (χ3v) is 4.48. The summed E-state index contributed by atoms with van der Waals surface area (Å²) >= 11 is 6.13. The van der Waals surface area contributed by atoms with E-state index in [-0.39, 0.29) is 17.3 Å². The number of benzene rings is 1. The van der Waals surface area contributed by atoms with Gasteiger partial charge in [0.1, 0.15) is 5.82 Å². The number of hydrogen-bond donors (Lipinski definition) is 1. The van der Waals surface area contributed by atoms with Crippen LogP contribution in [0.5, 0.6) is 0 Å². The molecule has 2 atom stereocenters. The first-order valence-electron chi connectivity index (χ1n) is 7.42. The number of halogens is 2. The van der Waals surface area contributed by atoms with Crippen LogP contribution in [0.4, 0.5) is 4.39 Å². The van der Waals surface area contributed by atoms with Crippen molar-refractivity contribution >= 4 is 11.6 Å². The average Bonchev–Trinajstić information content (AvgIpc) is 2.33.